The van der Waals surface area contributed by atoms with Crippen LogP contribution in [0.25, 0.3) is 0 Å². The average molecular weight is 274 g/mol. The molecule has 1 unspecified atom stereocenters. The molecule has 0 bridgehead atoms. The lowest BCUT2D eigenvalue weighted by molar-refractivity contribution is -0.135. The van der Waals surface area contributed by atoms with Gasteiger partial charge in [-0.3, -0.25) is 4.79 Å². The van der Waals surface area contributed by atoms with Gasteiger partial charge >= 0.3 is 0 Å². The van der Waals surface area contributed by atoms with Gasteiger partial charge in [0.05, 0.1) is 5.92 Å². The van der Waals surface area contributed by atoms with Crippen molar-refractivity contribution in [3.63, 3.8) is 0 Å². The summed E-state index contributed by atoms with van der Waals surface area (Å²) in [5.41, 5.74) is 6.85. The van der Waals surface area contributed by atoms with Gasteiger partial charge in [-0.2, -0.15) is 0 Å². The van der Waals surface area contributed by atoms with Crippen LogP contribution in [0.1, 0.15) is 38.2 Å². The Hall–Kier alpha value is -1.35. The number of likely N-dealkylation sites (tertiary alicyclic amines) is 1. The van der Waals surface area contributed by atoms with Gasteiger partial charge in [0, 0.05) is 13.1 Å². The van der Waals surface area contributed by atoms with Crippen molar-refractivity contribution in [3.8, 4) is 0 Å². The first-order valence-corrected chi connectivity index (χ1v) is 7.67. The van der Waals surface area contributed by atoms with Crippen LogP contribution in [0, 0.1) is 11.8 Å². The molecule has 3 nitrogen and oxygen atoms in total. The van der Waals surface area contributed by atoms with Crippen LogP contribution >= 0.6 is 0 Å². The third-order valence-electron chi connectivity index (χ3n) is 4.35. The normalized spacial score (nSPS) is 18.3. The molecular formula is C17H26N2O. The molecule has 1 aromatic carbocycles. The quantitative estimate of drug-likeness (QED) is 0.917. The van der Waals surface area contributed by atoms with E-state index in [0.29, 0.717) is 11.8 Å². The first kappa shape index (κ1) is 15.0. The molecule has 1 atom stereocenters. The van der Waals surface area contributed by atoms with Gasteiger partial charge in [0.1, 0.15) is 0 Å². The highest BCUT2D eigenvalue weighted by molar-refractivity contribution is 5.84. The molecular weight excluding hydrogens is 248 g/mol. The zero-order valence-corrected chi connectivity index (χ0v) is 12.6. The minimum Gasteiger partial charge on any atom is -0.342 e. The zero-order chi connectivity index (χ0) is 14.5. The highest BCUT2D eigenvalue weighted by atomic mass is 16.2. The average Bonchev–Trinajstić information content (AvgIpc) is 2.48. The van der Waals surface area contributed by atoms with Crippen molar-refractivity contribution in [2.75, 3.05) is 19.6 Å². The Labute approximate surface area is 122 Å². The van der Waals surface area contributed by atoms with Crippen LogP contribution in [0.5, 0.6) is 0 Å². The SMILES string of the molecule is CC(C)C(C(=O)N1CCC(CN)CC1)c1ccccc1. The third kappa shape index (κ3) is 3.40. The molecule has 20 heavy (non-hydrogen) atoms. The van der Waals surface area contributed by atoms with Gasteiger partial charge in [-0.1, -0.05) is 44.2 Å². The fourth-order valence-electron chi connectivity index (χ4n) is 3.06. The molecule has 1 saturated heterocycles. The van der Waals surface area contributed by atoms with E-state index < -0.39 is 0 Å². The molecule has 110 valence electrons. The number of rotatable bonds is 4. The predicted molar refractivity (Wildman–Crippen MR) is 82.4 cm³/mol. The standard InChI is InChI=1S/C17H26N2O/c1-13(2)16(15-6-4-3-5-7-15)17(20)19-10-8-14(12-18)9-11-19/h3-7,13-14,16H,8-12,18H2,1-2H3. The summed E-state index contributed by atoms with van der Waals surface area (Å²) in [7, 11) is 0. The van der Waals surface area contributed by atoms with E-state index in [-0.39, 0.29) is 11.8 Å². The van der Waals surface area contributed by atoms with Crippen LogP contribution in [0.4, 0.5) is 0 Å². The van der Waals surface area contributed by atoms with Crippen LogP contribution in [-0.4, -0.2) is 30.4 Å². The lowest BCUT2D eigenvalue weighted by atomic mass is 9.86. The molecule has 0 spiro atoms. The molecule has 1 aliphatic rings. The van der Waals surface area contributed by atoms with Crippen molar-refractivity contribution in [1.29, 1.82) is 0 Å². The monoisotopic (exact) mass is 274 g/mol. The second-order valence-corrected chi connectivity index (χ2v) is 6.14. The van der Waals surface area contributed by atoms with Crippen LogP contribution in [-0.2, 0) is 4.79 Å². The molecule has 2 rings (SSSR count). The third-order valence-corrected chi connectivity index (χ3v) is 4.35. The molecule has 1 aliphatic heterocycles. The molecule has 1 heterocycles. The van der Waals surface area contributed by atoms with Gasteiger partial charge in [-0.25, -0.2) is 0 Å². The number of carbonyl (C=O) groups excluding carboxylic acids is 1. The smallest absolute Gasteiger partial charge is 0.230 e. The summed E-state index contributed by atoms with van der Waals surface area (Å²) in [5.74, 6) is 1.16. The van der Waals surface area contributed by atoms with Gasteiger partial charge < -0.3 is 10.6 Å². The van der Waals surface area contributed by atoms with Crippen LogP contribution < -0.4 is 5.73 Å². The van der Waals surface area contributed by atoms with Crippen molar-refractivity contribution >= 4 is 5.91 Å². The molecule has 0 radical (unpaired) electrons. The van der Waals surface area contributed by atoms with Gasteiger partial charge in [-0.15, -0.1) is 0 Å². The van der Waals surface area contributed by atoms with E-state index in [1.165, 1.54) is 0 Å². The van der Waals surface area contributed by atoms with E-state index in [1.54, 1.807) is 0 Å². The van der Waals surface area contributed by atoms with Crippen molar-refractivity contribution in [2.24, 2.45) is 17.6 Å². The van der Waals surface area contributed by atoms with Crippen molar-refractivity contribution in [3.05, 3.63) is 35.9 Å². The number of carbonyl (C=O) groups is 1. The minimum atomic E-state index is -0.0226. The van der Waals surface area contributed by atoms with E-state index in [2.05, 4.69) is 26.0 Å². The lowest BCUT2D eigenvalue weighted by Gasteiger charge is -2.35. The Kier molecular flexibility index (Phi) is 5.18. The number of hydrogen-bond donors (Lipinski definition) is 1. The summed E-state index contributed by atoms with van der Waals surface area (Å²) in [5, 5.41) is 0. The molecule has 1 aromatic rings. The van der Waals surface area contributed by atoms with E-state index >= 15 is 0 Å². The Morgan fingerprint density at radius 1 is 1.25 bits per heavy atom. The highest BCUT2D eigenvalue weighted by Crippen LogP contribution is 2.28. The van der Waals surface area contributed by atoms with Crippen LogP contribution in [0.2, 0.25) is 0 Å². The maximum absolute atomic E-state index is 12.8. The Balaban J connectivity index is 2.09. The first-order valence-electron chi connectivity index (χ1n) is 7.67. The topological polar surface area (TPSA) is 46.3 Å². The van der Waals surface area contributed by atoms with Gasteiger partial charge in [-0.05, 0) is 36.8 Å². The van der Waals surface area contributed by atoms with Crippen molar-refractivity contribution < 1.29 is 4.79 Å². The number of nitrogens with two attached hydrogens (primary N) is 1. The maximum atomic E-state index is 12.8. The van der Waals surface area contributed by atoms with E-state index in [0.717, 1.165) is 38.0 Å². The van der Waals surface area contributed by atoms with E-state index in [4.69, 9.17) is 5.73 Å². The molecule has 0 saturated carbocycles. The predicted octanol–water partition coefficient (Wildman–Crippen LogP) is 2.62. The minimum absolute atomic E-state index is 0.0226. The fourth-order valence-corrected chi connectivity index (χ4v) is 3.06. The number of piperidine rings is 1. The summed E-state index contributed by atoms with van der Waals surface area (Å²) in [6, 6.07) is 10.2. The maximum Gasteiger partial charge on any atom is 0.230 e. The fraction of sp³-hybridized carbons (Fsp3) is 0.588. The molecule has 2 N–H and O–H groups in total. The van der Waals surface area contributed by atoms with E-state index in [1.807, 2.05) is 23.1 Å². The summed E-state index contributed by atoms with van der Waals surface area (Å²) in [6.07, 6.45) is 2.09. The molecule has 0 aliphatic carbocycles. The molecule has 0 aromatic heterocycles. The summed E-state index contributed by atoms with van der Waals surface area (Å²) >= 11 is 0. The second kappa shape index (κ2) is 6.89. The summed E-state index contributed by atoms with van der Waals surface area (Å²) in [4.78, 5) is 14.9. The van der Waals surface area contributed by atoms with Crippen molar-refractivity contribution in [2.45, 2.75) is 32.6 Å². The van der Waals surface area contributed by atoms with Gasteiger partial charge in [0.15, 0.2) is 0 Å². The number of nitrogens with zero attached hydrogens (tertiary/aromatic N) is 1. The van der Waals surface area contributed by atoms with Crippen molar-refractivity contribution in [1.82, 2.24) is 4.90 Å². The zero-order valence-electron chi connectivity index (χ0n) is 12.6. The lowest BCUT2D eigenvalue weighted by Crippen LogP contribution is -2.43. The molecule has 1 fully saturated rings. The molecule has 1 amide bonds. The van der Waals surface area contributed by atoms with Gasteiger partial charge in [0.2, 0.25) is 5.91 Å². The summed E-state index contributed by atoms with van der Waals surface area (Å²) < 4.78 is 0. The van der Waals surface area contributed by atoms with E-state index in [9.17, 15) is 4.79 Å². The van der Waals surface area contributed by atoms with Crippen LogP contribution in [0.3, 0.4) is 0 Å². The highest BCUT2D eigenvalue weighted by Gasteiger charge is 2.30. The largest absolute Gasteiger partial charge is 0.342 e. The van der Waals surface area contributed by atoms with Crippen LogP contribution in [0.15, 0.2) is 30.3 Å². The Morgan fingerprint density at radius 2 is 1.85 bits per heavy atom. The number of benzene rings is 1. The summed E-state index contributed by atoms with van der Waals surface area (Å²) in [6.45, 7) is 6.71. The Morgan fingerprint density at radius 3 is 2.35 bits per heavy atom. The number of hydrogen-bond acceptors (Lipinski definition) is 2. The number of amides is 1. The molecule has 3 heteroatoms. The Bertz CT molecular complexity index is 422. The second-order valence-electron chi connectivity index (χ2n) is 6.14. The first-order chi connectivity index (χ1) is 9.63. The van der Waals surface area contributed by atoms with Gasteiger partial charge in [0.25, 0.3) is 0 Å².